The van der Waals surface area contributed by atoms with Crippen molar-refractivity contribution in [2.24, 2.45) is 11.7 Å². The Morgan fingerprint density at radius 2 is 1.53 bits per heavy atom. The summed E-state index contributed by atoms with van der Waals surface area (Å²) >= 11 is 0. The second kappa shape index (κ2) is 9.62. The predicted molar refractivity (Wildman–Crippen MR) is 119 cm³/mol. The number of aryl methyl sites for hydroxylation is 1. The number of hydrogen-bond donors (Lipinski definition) is 2. The molecule has 0 saturated carbocycles. The molecule has 2 aromatic rings. The van der Waals surface area contributed by atoms with Crippen molar-refractivity contribution in [3.05, 3.63) is 65.2 Å². The molecule has 0 aliphatic carbocycles. The molecule has 8 nitrogen and oxygen atoms in total. The van der Waals surface area contributed by atoms with Gasteiger partial charge in [0.05, 0.1) is 16.0 Å². The highest BCUT2D eigenvalue weighted by molar-refractivity contribution is 7.89. The lowest BCUT2D eigenvalue weighted by molar-refractivity contribution is -0.120. The normalized spacial score (nSPS) is 14.7. The van der Waals surface area contributed by atoms with Crippen molar-refractivity contribution in [2.75, 3.05) is 6.54 Å². The van der Waals surface area contributed by atoms with Gasteiger partial charge in [0, 0.05) is 6.54 Å². The molecule has 0 saturated heterocycles. The second-order valence-corrected chi connectivity index (χ2v) is 9.87. The largest absolute Gasteiger partial charge is 0.368 e. The van der Waals surface area contributed by atoms with Crippen LogP contribution in [0.25, 0.3) is 0 Å². The monoisotopic (exact) mass is 457 g/mol. The van der Waals surface area contributed by atoms with Crippen LogP contribution in [0.5, 0.6) is 0 Å². The molecule has 1 heterocycles. The Morgan fingerprint density at radius 1 is 0.969 bits per heavy atom. The van der Waals surface area contributed by atoms with E-state index in [1.807, 2.05) is 0 Å². The fourth-order valence-corrected chi connectivity index (χ4v) is 4.99. The summed E-state index contributed by atoms with van der Waals surface area (Å²) in [4.78, 5) is 37.6. The van der Waals surface area contributed by atoms with E-state index in [4.69, 9.17) is 5.73 Å². The average molecular weight is 458 g/mol. The Labute approximate surface area is 187 Å². The second-order valence-electron chi connectivity index (χ2n) is 8.15. The molecule has 0 spiro atoms. The summed E-state index contributed by atoms with van der Waals surface area (Å²) in [7, 11) is -3.87. The van der Waals surface area contributed by atoms with Crippen molar-refractivity contribution in [1.29, 1.82) is 0 Å². The van der Waals surface area contributed by atoms with Gasteiger partial charge in [0.1, 0.15) is 6.04 Å². The summed E-state index contributed by atoms with van der Waals surface area (Å²) in [5.41, 5.74) is 7.11. The van der Waals surface area contributed by atoms with Crippen LogP contribution in [0.15, 0.2) is 53.4 Å². The van der Waals surface area contributed by atoms with Gasteiger partial charge in [-0.25, -0.2) is 8.42 Å². The zero-order valence-corrected chi connectivity index (χ0v) is 18.9. The molecule has 3 N–H and O–H groups in total. The van der Waals surface area contributed by atoms with Crippen molar-refractivity contribution in [3.8, 4) is 0 Å². The molecular formula is C23H27N3O5S. The SMILES string of the molecule is CC(C)C(NS(=O)(=O)c1ccc(CCCCN2C(=O)c3ccccc3C2=O)cc1)C(N)=O. The van der Waals surface area contributed by atoms with Crippen LogP contribution in [0.4, 0.5) is 0 Å². The lowest BCUT2D eigenvalue weighted by Gasteiger charge is -2.19. The zero-order valence-electron chi connectivity index (χ0n) is 18.1. The first kappa shape index (κ1) is 23.6. The van der Waals surface area contributed by atoms with E-state index in [0.29, 0.717) is 30.5 Å². The van der Waals surface area contributed by atoms with Crippen LogP contribution in [0.1, 0.15) is 53.0 Å². The van der Waals surface area contributed by atoms with Crippen molar-refractivity contribution < 1.29 is 22.8 Å². The number of carbonyl (C=O) groups is 3. The predicted octanol–water partition coefficient (Wildman–Crippen LogP) is 2.09. The number of carbonyl (C=O) groups excluding carboxylic acids is 3. The highest BCUT2D eigenvalue weighted by atomic mass is 32.2. The third kappa shape index (κ3) is 5.05. The number of nitrogens with zero attached hydrogens (tertiary/aromatic N) is 1. The van der Waals surface area contributed by atoms with Crippen LogP contribution in [0.3, 0.4) is 0 Å². The van der Waals surface area contributed by atoms with E-state index < -0.39 is 22.0 Å². The minimum absolute atomic E-state index is 0.0548. The van der Waals surface area contributed by atoms with Gasteiger partial charge in [-0.1, -0.05) is 38.1 Å². The summed E-state index contributed by atoms with van der Waals surface area (Å²) < 4.78 is 27.4. The maximum Gasteiger partial charge on any atom is 0.261 e. The van der Waals surface area contributed by atoms with E-state index in [1.165, 1.54) is 17.0 Å². The number of fused-ring (bicyclic) bond motifs is 1. The summed E-state index contributed by atoms with van der Waals surface area (Å²) in [6, 6.07) is 12.2. The van der Waals surface area contributed by atoms with Gasteiger partial charge in [-0.3, -0.25) is 19.3 Å². The van der Waals surface area contributed by atoms with Crippen LogP contribution in [-0.4, -0.2) is 43.6 Å². The molecule has 0 radical (unpaired) electrons. The molecule has 0 aromatic heterocycles. The molecule has 32 heavy (non-hydrogen) atoms. The summed E-state index contributed by atoms with van der Waals surface area (Å²) in [5, 5.41) is 0. The lowest BCUT2D eigenvalue weighted by Crippen LogP contribution is -2.47. The van der Waals surface area contributed by atoms with E-state index in [1.54, 1.807) is 50.2 Å². The van der Waals surface area contributed by atoms with Crippen LogP contribution in [0, 0.1) is 5.92 Å². The molecular weight excluding hydrogens is 430 g/mol. The first-order valence-electron chi connectivity index (χ1n) is 10.5. The first-order valence-corrected chi connectivity index (χ1v) is 12.0. The molecule has 2 aromatic carbocycles. The molecule has 3 rings (SSSR count). The van der Waals surface area contributed by atoms with Gasteiger partial charge in [0.15, 0.2) is 0 Å². The molecule has 1 unspecified atom stereocenters. The standard InChI is InChI=1S/C23H27N3O5S/c1-15(2)20(21(24)27)25-32(30,31)17-12-10-16(11-13-17)7-5-6-14-26-22(28)18-8-3-4-9-19(18)23(26)29/h3-4,8-13,15,20,25H,5-7,14H2,1-2H3,(H2,24,27). The fraction of sp³-hybridized carbons (Fsp3) is 0.348. The van der Waals surface area contributed by atoms with Gasteiger partial charge in [-0.2, -0.15) is 4.72 Å². The number of imide groups is 1. The van der Waals surface area contributed by atoms with Crippen molar-refractivity contribution >= 4 is 27.7 Å². The summed E-state index contributed by atoms with van der Waals surface area (Å²) in [6.07, 6.45) is 2.05. The summed E-state index contributed by atoms with van der Waals surface area (Å²) in [6.45, 7) is 3.76. The van der Waals surface area contributed by atoms with E-state index in [2.05, 4.69) is 4.72 Å². The maximum atomic E-state index is 12.5. The number of nitrogens with one attached hydrogen (secondary N) is 1. The minimum Gasteiger partial charge on any atom is -0.368 e. The maximum absolute atomic E-state index is 12.5. The number of primary amides is 1. The quantitative estimate of drug-likeness (QED) is 0.417. The summed E-state index contributed by atoms with van der Waals surface area (Å²) in [5.74, 6) is -1.52. The van der Waals surface area contributed by atoms with Crippen molar-refractivity contribution in [2.45, 2.75) is 44.0 Å². The van der Waals surface area contributed by atoms with Gasteiger partial charge in [-0.05, 0) is 55.0 Å². The minimum atomic E-state index is -3.87. The number of rotatable bonds is 10. The molecule has 0 fully saturated rings. The van der Waals surface area contributed by atoms with Crippen LogP contribution in [0.2, 0.25) is 0 Å². The average Bonchev–Trinajstić information content (AvgIpc) is 3.00. The zero-order chi connectivity index (χ0) is 23.5. The van der Waals surface area contributed by atoms with Gasteiger partial charge in [0.2, 0.25) is 15.9 Å². The topological polar surface area (TPSA) is 127 Å². The molecule has 0 bridgehead atoms. The number of nitrogens with two attached hydrogens (primary N) is 1. The Morgan fingerprint density at radius 3 is 2.03 bits per heavy atom. The number of amides is 3. The first-order chi connectivity index (χ1) is 15.1. The molecule has 1 aliphatic rings. The van der Waals surface area contributed by atoms with Gasteiger partial charge in [0.25, 0.3) is 11.8 Å². The number of hydrogen-bond acceptors (Lipinski definition) is 5. The highest BCUT2D eigenvalue weighted by Gasteiger charge is 2.34. The van der Waals surface area contributed by atoms with Gasteiger partial charge < -0.3 is 5.73 Å². The molecule has 170 valence electrons. The molecule has 3 amide bonds. The number of sulfonamides is 1. The molecule has 9 heteroatoms. The Hall–Kier alpha value is -3.04. The highest BCUT2D eigenvalue weighted by Crippen LogP contribution is 2.23. The van der Waals surface area contributed by atoms with E-state index >= 15 is 0 Å². The van der Waals surface area contributed by atoms with Gasteiger partial charge >= 0.3 is 0 Å². The van der Waals surface area contributed by atoms with Crippen molar-refractivity contribution in [3.63, 3.8) is 0 Å². The fourth-order valence-electron chi connectivity index (χ4n) is 3.63. The third-order valence-corrected chi connectivity index (χ3v) is 6.92. The van der Waals surface area contributed by atoms with E-state index in [9.17, 15) is 22.8 Å². The van der Waals surface area contributed by atoms with Crippen LogP contribution in [-0.2, 0) is 21.2 Å². The Balaban J connectivity index is 1.53. The number of benzene rings is 2. The van der Waals surface area contributed by atoms with Gasteiger partial charge in [-0.15, -0.1) is 0 Å². The van der Waals surface area contributed by atoms with E-state index in [0.717, 1.165) is 12.0 Å². The van der Waals surface area contributed by atoms with Crippen LogP contribution < -0.4 is 10.5 Å². The number of unbranched alkanes of at least 4 members (excludes halogenated alkanes) is 1. The lowest BCUT2D eigenvalue weighted by atomic mass is 10.1. The molecule has 1 aliphatic heterocycles. The molecule has 1 atom stereocenters. The smallest absolute Gasteiger partial charge is 0.261 e. The van der Waals surface area contributed by atoms with E-state index in [-0.39, 0.29) is 22.6 Å². The van der Waals surface area contributed by atoms with Crippen molar-refractivity contribution in [1.82, 2.24) is 9.62 Å². The third-order valence-electron chi connectivity index (χ3n) is 5.46. The Kier molecular flexibility index (Phi) is 7.10. The Bertz CT molecular complexity index is 1090. The van der Waals surface area contributed by atoms with Crippen LogP contribution >= 0.6 is 0 Å².